The third-order valence-electron chi connectivity index (χ3n) is 4.55. The van der Waals surface area contributed by atoms with E-state index in [2.05, 4.69) is 11.4 Å². The average Bonchev–Trinajstić information content (AvgIpc) is 3.35. The van der Waals surface area contributed by atoms with Crippen molar-refractivity contribution in [3.63, 3.8) is 0 Å². The molecule has 2 aliphatic rings. The Morgan fingerprint density at radius 2 is 2.07 bits per heavy atom. The van der Waals surface area contributed by atoms with Gasteiger partial charge >= 0.3 is 0 Å². The lowest BCUT2D eigenvalue weighted by atomic mass is 9.95. The minimum Gasteiger partial charge on any atom is -0.404 e. The predicted octanol–water partition coefficient (Wildman–Crippen LogP) is 3.65. The minimum atomic E-state index is -0.347. The van der Waals surface area contributed by atoms with E-state index in [1.807, 2.05) is 35.5 Å². The van der Waals surface area contributed by atoms with E-state index in [0.29, 0.717) is 16.0 Å². The van der Waals surface area contributed by atoms with Crippen LogP contribution < -0.4 is 11.1 Å². The number of nitrogens with two attached hydrogens (primary N) is 1. The molecule has 1 unspecified atom stereocenters. The van der Waals surface area contributed by atoms with E-state index < -0.39 is 0 Å². The fraction of sp³-hybridized carbons (Fsp3) is 0.0476. The number of rotatable bonds is 4. The molecule has 1 atom stereocenters. The lowest BCUT2D eigenvalue weighted by Crippen LogP contribution is -2.33. The van der Waals surface area contributed by atoms with Gasteiger partial charge in [0.05, 0.1) is 16.3 Å². The fourth-order valence-electron chi connectivity index (χ4n) is 3.14. The number of halogens is 1. The summed E-state index contributed by atoms with van der Waals surface area (Å²) >= 11 is 1.42. The quantitative estimate of drug-likeness (QED) is 0.697. The zero-order chi connectivity index (χ0) is 19.7. The monoisotopic (exact) mass is 389 g/mol. The molecule has 3 heterocycles. The Bertz CT molecular complexity index is 1100. The highest BCUT2D eigenvalue weighted by Gasteiger charge is 2.28. The number of fused-ring (bicyclic) bond motifs is 1. The topological polar surface area (TPSA) is 88.9 Å². The summed E-state index contributed by atoms with van der Waals surface area (Å²) < 4.78 is 13.2. The molecule has 0 fully saturated rings. The highest BCUT2D eigenvalue weighted by atomic mass is 32.1. The molecule has 0 amide bonds. The molecule has 0 saturated heterocycles. The molecule has 2 aromatic rings. The first-order valence-electron chi connectivity index (χ1n) is 8.52. The first kappa shape index (κ1) is 17.8. The fourth-order valence-corrected chi connectivity index (χ4v) is 3.97. The molecule has 0 radical (unpaired) electrons. The van der Waals surface area contributed by atoms with E-state index >= 15 is 0 Å². The Labute approximate surface area is 165 Å². The van der Waals surface area contributed by atoms with Crippen molar-refractivity contribution in [2.45, 2.75) is 6.17 Å². The van der Waals surface area contributed by atoms with E-state index in [0.717, 1.165) is 16.1 Å². The van der Waals surface area contributed by atoms with Gasteiger partial charge in [-0.25, -0.2) is 4.39 Å². The average molecular weight is 389 g/mol. The van der Waals surface area contributed by atoms with Crippen molar-refractivity contribution >= 4 is 22.7 Å². The number of nitrogens with zero attached hydrogens (tertiary/aromatic N) is 2. The van der Waals surface area contributed by atoms with E-state index in [1.54, 1.807) is 18.2 Å². The van der Waals surface area contributed by atoms with Gasteiger partial charge in [-0.05, 0) is 42.5 Å². The number of allylic oxidation sites excluding steroid dienone is 3. The number of thiophene rings is 1. The van der Waals surface area contributed by atoms with Gasteiger partial charge in [-0.3, -0.25) is 5.41 Å². The zero-order valence-electron chi connectivity index (χ0n) is 14.7. The lowest BCUT2D eigenvalue weighted by Gasteiger charge is -2.28. The summed E-state index contributed by atoms with van der Waals surface area (Å²) in [6, 6.07) is 11.7. The number of nitriles is 1. The van der Waals surface area contributed by atoms with Crippen molar-refractivity contribution in [1.29, 1.82) is 10.7 Å². The summed E-state index contributed by atoms with van der Waals surface area (Å²) in [7, 11) is 0. The van der Waals surface area contributed by atoms with Gasteiger partial charge in [0.1, 0.15) is 22.9 Å². The molecule has 7 heteroatoms. The Balaban J connectivity index is 1.64. The second-order valence-electron chi connectivity index (χ2n) is 6.23. The molecule has 2 aliphatic heterocycles. The molecule has 0 spiro atoms. The van der Waals surface area contributed by atoms with E-state index in [4.69, 9.17) is 16.4 Å². The molecule has 138 valence electrons. The molecule has 1 aromatic carbocycles. The third-order valence-corrected chi connectivity index (χ3v) is 5.57. The van der Waals surface area contributed by atoms with Crippen molar-refractivity contribution in [1.82, 2.24) is 10.2 Å². The third kappa shape index (κ3) is 3.10. The second-order valence-corrected chi connectivity index (χ2v) is 7.31. The maximum Gasteiger partial charge on any atom is 0.123 e. The summed E-state index contributed by atoms with van der Waals surface area (Å²) in [6.07, 6.45) is 9.10. The highest BCUT2D eigenvalue weighted by Crippen LogP contribution is 2.34. The standard InChI is InChI=1S/C21H16FN5S/c22-15-4-1-13(2-5-15)21(25)17(10-24)14-3-8-20-26-11-18(27(20)12-14)19-7-6-16(9-23)28-19/h1-8,10-12,20,25-26H,24H2/b17-10-,25-21?. The normalized spacial score (nSPS) is 18.1. The number of hydrogen-bond donors (Lipinski definition) is 3. The Morgan fingerprint density at radius 1 is 1.29 bits per heavy atom. The molecular weight excluding hydrogens is 373 g/mol. The van der Waals surface area contributed by atoms with Crippen LogP contribution in [-0.4, -0.2) is 16.8 Å². The minimum absolute atomic E-state index is 0.0367. The van der Waals surface area contributed by atoms with E-state index in [1.165, 1.54) is 29.7 Å². The van der Waals surface area contributed by atoms with Crippen molar-refractivity contribution in [3.05, 3.63) is 99.4 Å². The molecule has 1 aromatic heterocycles. The molecule has 4 N–H and O–H groups in total. The second kappa shape index (κ2) is 7.18. The van der Waals surface area contributed by atoms with Crippen LogP contribution in [0.2, 0.25) is 0 Å². The summed E-state index contributed by atoms with van der Waals surface area (Å²) in [5.41, 5.74) is 8.92. The Morgan fingerprint density at radius 3 is 2.75 bits per heavy atom. The van der Waals surface area contributed by atoms with Gasteiger partial charge in [0.2, 0.25) is 0 Å². The molecule has 0 saturated carbocycles. The van der Waals surface area contributed by atoms with Crippen LogP contribution in [0.25, 0.3) is 5.70 Å². The van der Waals surface area contributed by atoms with Crippen LogP contribution >= 0.6 is 11.3 Å². The highest BCUT2D eigenvalue weighted by molar-refractivity contribution is 7.13. The number of benzene rings is 1. The van der Waals surface area contributed by atoms with Crippen molar-refractivity contribution in [2.75, 3.05) is 0 Å². The zero-order valence-corrected chi connectivity index (χ0v) is 15.5. The SMILES string of the molecule is N#Cc1ccc(C2=CNC3C=CC(/C(=C/N)C(=N)c4ccc(F)cc4)=CN23)s1. The first-order chi connectivity index (χ1) is 13.6. The van der Waals surface area contributed by atoms with Crippen LogP contribution in [0.5, 0.6) is 0 Å². The van der Waals surface area contributed by atoms with E-state index in [9.17, 15) is 4.39 Å². The molecule has 0 aliphatic carbocycles. The lowest BCUT2D eigenvalue weighted by molar-refractivity contribution is 0.439. The van der Waals surface area contributed by atoms with Crippen LogP contribution in [0, 0.1) is 22.6 Å². The van der Waals surface area contributed by atoms with Gasteiger partial charge in [-0.15, -0.1) is 11.3 Å². The van der Waals surface area contributed by atoms with Crippen LogP contribution in [0.4, 0.5) is 4.39 Å². The van der Waals surface area contributed by atoms with Crippen LogP contribution in [-0.2, 0) is 0 Å². The number of nitrogens with one attached hydrogen (secondary N) is 2. The summed E-state index contributed by atoms with van der Waals surface area (Å²) in [4.78, 5) is 3.67. The van der Waals surface area contributed by atoms with Gasteiger partial charge in [-0.1, -0.05) is 6.08 Å². The smallest absolute Gasteiger partial charge is 0.123 e. The maximum absolute atomic E-state index is 13.2. The van der Waals surface area contributed by atoms with Crippen molar-refractivity contribution in [3.8, 4) is 6.07 Å². The molecule has 4 rings (SSSR count). The van der Waals surface area contributed by atoms with Crippen molar-refractivity contribution in [2.24, 2.45) is 5.73 Å². The van der Waals surface area contributed by atoms with E-state index in [-0.39, 0.29) is 17.7 Å². The first-order valence-corrected chi connectivity index (χ1v) is 9.34. The maximum atomic E-state index is 13.2. The molecule has 0 bridgehead atoms. The summed E-state index contributed by atoms with van der Waals surface area (Å²) in [6.45, 7) is 0. The molecule has 28 heavy (non-hydrogen) atoms. The van der Waals surface area contributed by atoms with Crippen LogP contribution in [0.3, 0.4) is 0 Å². The molecular formula is C21H16FN5S. The van der Waals surface area contributed by atoms with Gasteiger partial charge in [0.15, 0.2) is 0 Å². The molecule has 5 nitrogen and oxygen atoms in total. The Kier molecular flexibility index (Phi) is 4.55. The predicted molar refractivity (Wildman–Crippen MR) is 108 cm³/mol. The number of hydrogen-bond acceptors (Lipinski definition) is 6. The van der Waals surface area contributed by atoms with Gasteiger partial charge < -0.3 is 16.0 Å². The van der Waals surface area contributed by atoms with Crippen molar-refractivity contribution < 1.29 is 4.39 Å². The summed E-state index contributed by atoms with van der Waals surface area (Å²) in [5.74, 6) is -0.347. The van der Waals surface area contributed by atoms with Gasteiger partial charge in [-0.2, -0.15) is 5.26 Å². The largest absolute Gasteiger partial charge is 0.404 e. The van der Waals surface area contributed by atoms with Crippen LogP contribution in [0.15, 0.2) is 78.3 Å². The van der Waals surface area contributed by atoms with Gasteiger partial charge in [0.25, 0.3) is 0 Å². The van der Waals surface area contributed by atoms with Crippen LogP contribution in [0.1, 0.15) is 15.3 Å². The summed E-state index contributed by atoms with van der Waals surface area (Å²) in [5, 5.41) is 20.9. The van der Waals surface area contributed by atoms with Gasteiger partial charge in [0, 0.05) is 35.3 Å². The Hall–Kier alpha value is -3.63.